The summed E-state index contributed by atoms with van der Waals surface area (Å²) in [7, 11) is 1.60. The number of aromatic nitrogens is 2. The number of benzene rings is 2. The number of carbonyl (C=O) groups excluding carboxylic acids is 2. The number of amides is 2. The molecule has 250 valence electrons. The van der Waals surface area contributed by atoms with Gasteiger partial charge in [0.1, 0.15) is 12.2 Å². The molecule has 0 atom stereocenters. The molecule has 5 aromatic rings. The molecule has 3 heterocycles. The highest BCUT2D eigenvalue weighted by Crippen LogP contribution is 2.39. The summed E-state index contributed by atoms with van der Waals surface area (Å²) in [6.45, 7) is 4.06. The van der Waals surface area contributed by atoms with Crippen LogP contribution in [0.2, 0.25) is 0 Å². The molecule has 0 fully saturated rings. The molecule has 0 radical (unpaired) electrons. The average Bonchev–Trinajstić information content (AvgIpc) is 3.54. The number of nitrogens with zero attached hydrogens (tertiary/aromatic N) is 3. The molecular formula is C35H37FN6O5S. The van der Waals surface area contributed by atoms with Gasteiger partial charge in [-0.25, -0.2) is 4.39 Å². The van der Waals surface area contributed by atoms with Crippen LogP contribution in [0.15, 0.2) is 85.2 Å². The second-order valence-corrected chi connectivity index (χ2v) is 11.7. The third kappa shape index (κ3) is 9.62. The maximum atomic E-state index is 15.1. The van der Waals surface area contributed by atoms with Crippen LogP contribution in [0.4, 0.5) is 15.8 Å². The standard InChI is InChI=1S/C35H37FN6O5S/c1-42(26-5-3-2-4-6-26)34(44)21-33(43)41-25-8-10-30(27(36)19-25)47-31-11-13-39-29-20-32(48-35(29)31)28-9-7-24(23-40-28)22-38-14-16-46-18-17-45-15-12-37/h2-11,13,19-20,23,38H,12,14-18,21-22,37H2,1H3,(H,41,43). The van der Waals surface area contributed by atoms with Crippen molar-refractivity contribution in [2.45, 2.75) is 13.0 Å². The first kappa shape index (κ1) is 34.5. The van der Waals surface area contributed by atoms with Gasteiger partial charge in [-0.15, -0.1) is 11.3 Å². The van der Waals surface area contributed by atoms with E-state index in [1.54, 1.807) is 43.6 Å². The maximum Gasteiger partial charge on any atom is 0.236 e. The number of halogens is 1. The van der Waals surface area contributed by atoms with E-state index in [0.29, 0.717) is 63.0 Å². The summed E-state index contributed by atoms with van der Waals surface area (Å²) in [5, 5.41) is 5.91. The van der Waals surface area contributed by atoms with Crippen LogP contribution < -0.4 is 26.0 Å². The molecule has 5 rings (SSSR count). The summed E-state index contributed by atoms with van der Waals surface area (Å²) in [4.78, 5) is 36.4. The summed E-state index contributed by atoms with van der Waals surface area (Å²) < 4.78 is 32.6. The lowest BCUT2D eigenvalue weighted by Crippen LogP contribution is -2.30. The maximum absolute atomic E-state index is 15.1. The van der Waals surface area contributed by atoms with Crippen molar-refractivity contribution in [2.75, 3.05) is 56.8 Å². The summed E-state index contributed by atoms with van der Waals surface area (Å²) in [5.41, 5.74) is 8.78. The Bertz CT molecular complexity index is 1810. The molecule has 0 aliphatic carbocycles. The van der Waals surface area contributed by atoms with Crippen LogP contribution in [0.3, 0.4) is 0 Å². The minimum absolute atomic E-state index is 0.0179. The SMILES string of the molecule is CN(C(=O)CC(=O)Nc1ccc(Oc2ccnc3cc(-c4ccc(CNCCOCCOCCN)cn4)sc23)c(F)c1)c1ccccc1. The number of ether oxygens (including phenoxy) is 3. The Morgan fingerprint density at radius 1 is 0.938 bits per heavy atom. The smallest absolute Gasteiger partial charge is 0.236 e. The van der Waals surface area contributed by atoms with Gasteiger partial charge < -0.3 is 35.5 Å². The first-order valence-electron chi connectivity index (χ1n) is 15.4. The number of anilines is 2. The van der Waals surface area contributed by atoms with Crippen LogP contribution in [0, 0.1) is 5.82 Å². The molecule has 0 saturated carbocycles. The lowest BCUT2D eigenvalue weighted by atomic mass is 10.2. The van der Waals surface area contributed by atoms with E-state index < -0.39 is 24.1 Å². The van der Waals surface area contributed by atoms with Crippen molar-refractivity contribution in [3.8, 4) is 22.1 Å². The summed E-state index contributed by atoms with van der Waals surface area (Å²) in [6.07, 6.45) is 3.04. The van der Waals surface area contributed by atoms with E-state index in [9.17, 15) is 9.59 Å². The van der Waals surface area contributed by atoms with E-state index in [4.69, 9.17) is 19.9 Å². The molecule has 0 bridgehead atoms. The van der Waals surface area contributed by atoms with Gasteiger partial charge >= 0.3 is 0 Å². The topological polar surface area (TPSA) is 141 Å². The number of hydrogen-bond acceptors (Lipinski definition) is 10. The number of hydrogen-bond donors (Lipinski definition) is 3. The van der Waals surface area contributed by atoms with Crippen molar-refractivity contribution < 1.29 is 28.2 Å². The monoisotopic (exact) mass is 672 g/mol. The van der Waals surface area contributed by atoms with Crippen LogP contribution in [-0.2, 0) is 25.6 Å². The molecule has 48 heavy (non-hydrogen) atoms. The van der Waals surface area contributed by atoms with Crippen LogP contribution in [0.5, 0.6) is 11.5 Å². The van der Waals surface area contributed by atoms with Gasteiger partial charge in [0.15, 0.2) is 11.6 Å². The molecular weight excluding hydrogens is 635 g/mol. The van der Waals surface area contributed by atoms with Crippen molar-refractivity contribution in [3.63, 3.8) is 0 Å². The fourth-order valence-electron chi connectivity index (χ4n) is 4.62. The Morgan fingerprint density at radius 2 is 1.75 bits per heavy atom. The molecule has 0 saturated heterocycles. The van der Waals surface area contributed by atoms with Crippen molar-refractivity contribution >= 4 is 44.7 Å². The van der Waals surface area contributed by atoms with Crippen molar-refractivity contribution in [1.82, 2.24) is 15.3 Å². The van der Waals surface area contributed by atoms with Crippen molar-refractivity contribution in [3.05, 3.63) is 96.6 Å². The Hall–Kier alpha value is -4.79. The number of nitrogens with two attached hydrogens (primary N) is 1. The molecule has 2 amide bonds. The summed E-state index contributed by atoms with van der Waals surface area (Å²) in [6, 6.07) is 20.7. The first-order chi connectivity index (χ1) is 23.4. The Kier molecular flexibility index (Phi) is 12.5. The Balaban J connectivity index is 1.15. The van der Waals surface area contributed by atoms with Gasteiger partial charge in [0.2, 0.25) is 11.8 Å². The number of para-hydroxylation sites is 1. The number of thiophene rings is 1. The molecule has 0 spiro atoms. The molecule has 4 N–H and O–H groups in total. The second-order valence-electron chi connectivity index (χ2n) is 10.6. The highest BCUT2D eigenvalue weighted by molar-refractivity contribution is 7.22. The van der Waals surface area contributed by atoms with Crippen LogP contribution in [0.1, 0.15) is 12.0 Å². The fraction of sp³-hybridized carbons (Fsp3) is 0.257. The van der Waals surface area contributed by atoms with E-state index in [1.807, 2.05) is 30.5 Å². The van der Waals surface area contributed by atoms with Crippen LogP contribution in [-0.4, -0.2) is 68.3 Å². The van der Waals surface area contributed by atoms with E-state index >= 15 is 4.39 Å². The predicted molar refractivity (Wildman–Crippen MR) is 185 cm³/mol. The predicted octanol–water partition coefficient (Wildman–Crippen LogP) is 5.36. The molecule has 0 unspecified atom stereocenters. The van der Waals surface area contributed by atoms with Crippen molar-refractivity contribution in [1.29, 1.82) is 0 Å². The Labute approximate surface area is 281 Å². The van der Waals surface area contributed by atoms with Gasteiger partial charge in [-0.3, -0.25) is 19.6 Å². The molecule has 3 aromatic heterocycles. The third-order valence-corrected chi connectivity index (χ3v) is 8.27. The number of fused-ring (bicyclic) bond motifs is 1. The fourth-order valence-corrected chi connectivity index (χ4v) is 5.66. The minimum Gasteiger partial charge on any atom is -0.453 e. The largest absolute Gasteiger partial charge is 0.453 e. The van der Waals surface area contributed by atoms with Gasteiger partial charge in [-0.05, 0) is 42.0 Å². The minimum atomic E-state index is -0.670. The molecule has 0 aliphatic heterocycles. The molecule has 2 aromatic carbocycles. The molecule has 11 nitrogen and oxygen atoms in total. The highest BCUT2D eigenvalue weighted by Gasteiger charge is 2.17. The molecule has 13 heteroatoms. The zero-order valence-electron chi connectivity index (χ0n) is 26.5. The number of pyridine rings is 2. The quantitative estimate of drug-likeness (QED) is 0.0879. The van der Waals surface area contributed by atoms with Gasteiger partial charge in [0.25, 0.3) is 0 Å². The summed E-state index contributed by atoms with van der Waals surface area (Å²) >= 11 is 1.44. The van der Waals surface area contributed by atoms with E-state index in [-0.39, 0.29) is 11.4 Å². The van der Waals surface area contributed by atoms with Gasteiger partial charge in [0, 0.05) is 62.6 Å². The lowest BCUT2D eigenvalue weighted by Gasteiger charge is -2.17. The molecule has 0 aliphatic rings. The number of carbonyl (C=O) groups is 2. The van der Waals surface area contributed by atoms with E-state index in [2.05, 4.69) is 20.6 Å². The first-order valence-corrected chi connectivity index (χ1v) is 16.2. The normalized spacial score (nSPS) is 11.1. The average molecular weight is 673 g/mol. The second kappa shape index (κ2) is 17.4. The third-order valence-electron chi connectivity index (χ3n) is 7.10. The van der Waals surface area contributed by atoms with Gasteiger partial charge in [-0.1, -0.05) is 24.3 Å². The van der Waals surface area contributed by atoms with Crippen LogP contribution >= 0.6 is 11.3 Å². The lowest BCUT2D eigenvalue weighted by molar-refractivity contribution is -0.125. The van der Waals surface area contributed by atoms with E-state index in [1.165, 1.54) is 28.4 Å². The van der Waals surface area contributed by atoms with Crippen molar-refractivity contribution in [2.24, 2.45) is 5.73 Å². The number of rotatable bonds is 17. The van der Waals surface area contributed by atoms with Crippen LogP contribution in [0.25, 0.3) is 20.8 Å². The summed E-state index contributed by atoms with van der Waals surface area (Å²) in [5.74, 6) is -1.19. The van der Waals surface area contributed by atoms with Gasteiger partial charge in [0.05, 0.1) is 47.2 Å². The van der Waals surface area contributed by atoms with Gasteiger partial charge in [-0.2, -0.15) is 0 Å². The number of nitrogens with one attached hydrogen (secondary N) is 2. The Morgan fingerprint density at radius 3 is 2.50 bits per heavy atom. The highest BCUT2D eigenvalue weighted by atomic mass is 32.1. The zero-order chi connectivity index (χ0) is 33.7. The zero-order valence-corrected chi connectivity index (χ0v) is 27.3. The van der Waals surface area contributed by atoms with E-state index in [0.717, 1.165) is 26.9 Å².